The molecule has 1 aliphatic rings. The minimum absolute atomic E-state index is 0.0726. The molecule has 0 aromatic heterocycles. The maximum Gasteiger partial charge on any atom is 0.220 e. The van der Waals surface area contributed by atoms with E-state index in [2.05, 4.69) is 22.3 Å². The Morgan fingerprint density at radius 2 is 1.93 bits per heavy atom. The van der Waals surface area contributed by atoms with Gasteiger partial charge in [0.15, 0.2) is 0 Å². The lowest BCUT2D eigenvalue weighted by Gasteiger charge is -2.28. The normalized spacial score (nSPS) is 15.1. The van der Waals surface area contributed by atoms with Crippen molar-refractivity contribution in [3.8, 4) is 11.5 Å². The first-order valence-corrected chi connectivity index (χ1v) is 10.6. The number of carbonyl (C=O) groups excluding carboxylic acids is 1. The first-order valence-electron chi connectivity index (χ1n) is 10.6. The number of likely N-dealkylation sites (tertiary alicyclic amines) is 1. The Bertz CT molecular complexity index is 787. The maximum absolute atomic E-state index is 12.6. The molecule has 2 aromatic carbocycles. The van der Waals surface area contributed by atoms with Gasteiger partial charge in [0.25, 0.3) is 0 Å². The van der Waals surface area contributed by atoms with Crippen molar-refractivity contribution in [2.24, 2.45) is 0 Å². The lowest BCUT2D eigenvalue weighted by Crippen LogP contribution is -2.36. The van der Waals surface area contributed by atoms with Crippen LogP contribution in [0, 0.1) is 0 Å². The Kier molecular flexibility index (Phi) is 7.94. The van der Waals surface area contributed by atoms with Crippen molar-refractivity contribution in [2.45, 2.75) is 38.6 Å². The van der Waals surface area contributed by atoms with Crippen LogP contribution in [-0.2, 0) is 11.2 Å². The standard InChI is InChI=1S/C24H32N2O3/c1-3-29-23-12-5-4-9-19(23)13-14-24(27)25-18-22(26-15-6-7-16-26)20-10-8-11-21(17-20)28-2/h4-5,8-12,17,22H,3,6-7,13-16,18H2,1-2H3,(H,25,27). The van der Waals surface area contributed by atoms with Crippen LogP contribution in [0.5, 0.6) is 11.5 Å². The number of methoxy groups -OCH3 is 1. The molecule has 1 N–H and O–H groups in total. The zero-order valence-corrected chi connectivity index (χ0v) is 17.5. The molecule has 1 amide bonds. The molecule has 0 aliphatic carbocycles. The smallest absolute Gasteiger partial charge is 0.220 e. The van der Waals surface area contributed by atoms with E-state index in [1.165, 1.54) is 18.4 Å². The third-order valence-electron chi connectivity index (χ3n) is 5.45. The van der Waals surface area contributed by atoms with Crippen molar-refractivity contribution in [2.75, 3.05) is 33.4 Å². The SMILES string of the molecule is CCOc1ccccc1CCC(=O)NCC(c1cccc(OC)c1)N1CCCC1. The van der Waals surface area contributed by atoms with Gasteiger partial charge in [-0.25, -0.2) is 0 Å². The van der Waals surface area contributed by atoms with E-state index < -0.39 is 0 Å². The number of hydrogen-bond donors (Lipinski definition) is 1. The number of hydrogen-bond acceptors (Lipinski definition) is 4. The summed E-state index contributed by atoms with van der Waals surface area (Å²) in [5, 5.41) is 3.16. The Morgan fingerprint density at radius 3 is 2.69 bits per heavy atom. The van der Waals surface area contributed by atoms with E-state index in [0.29, 0.717) is 26.0 Å². The van der Waals surface area contributed by atoms with E-state index in [1.807, 2.05) is 43.3 Å². The summed E-state index contributed by atoms with van der Waals surface area (Å²) in [5.41, 5.74) is 2.27. The van der Waals surface area contributed by atoms with Crippen LogP contribution < -0.4 is 14.8 Å². The molecular formula is C24H32N2O3. The van der Waals surface area contributed by atoms with Gasteiger partial charge in [0, 0.05) is 13.0 Å². The zero-order valence-electron chi connectivity index (χ0n) is 17.5. The molecule has 5 heteroatoms. The Balaban J connectivity index is 1.59. The minimum atomic E-state index is 0.0726. The molecule has 29 heavy (non-hydrogen) atoms. The van der Waals surface area contributed by atoms with E-state index in [1.54, 1.807) is 7.11 Å². The summed E-state index contributed by atoms with van der Waals surface area (Å²) in [4.78, 5) is 15.0. The van der Waals surface area contributed by atoms with Gasteiger partial charge in [-0.05, 0) is 68.6 Å². The summed E-state index contributed by atoms with van der Waals surface area (Å²) < 4.78 is 11.1. The summed E-state index contributed by atoms with van der Waals surface area (Å²) in [7, 11) is 1.69. The predicted molar refractivity (Wildman–Crippen MR) is 115 cm³/mol. The molecule has 1 fully saturated rings. The molecule has 1 atom stereocenters. The van der Waals surface area contributed by atoms with E-state index in [9.17, 15) is 4.79 Å². The number of para-hydroxylation sites is 1. The van der Waals surface area contributed by atoms with Crippen molar-refractivity contribution >= 4 is 5.91 Å². The van der Waals surface area contributed by atoms with Gasteiger partial charge in [0.05, 0.1) is 19.8 Å². The molecule has 1 unspecified atom stereocenters. The highest BCUT2D eigenvalue weighted by Gasteiger charge is 2.24. The monoisotopic (exact) mass is 396 g/mol. The molecule has 0 bridgehead atoms. The van der Waals surface area contributed by atoms with Gasteiger partial charge in [-0.1, -0.05) is 30.3 Å². The summed E-state index contributed by atoms with van der Waals surface area (Å²) in [6.07, 6.45) is 3.55. The van der Waals surface area contributed by atoms with Gasteiger partial charge >= 0.3 is 0 Å². The van der Waals surface area contributed by atoms with Crippen molar-refractivity contribution in [3.63, 3.8) is 0 Å². The second kappa shape index (κ2) is 10.9. The van der Waals surface area contributed by atoms with E-state index in [-0.39, 0.29) is 11.9 Å². The van der Waals surface area contributed by atoms with Crippen molar-refractivity contribution in [1.82, 2.24) is 10.2 Å². The predicted octanol–water partition coefficient (Wildman–Crippen LogP) is 3.98. The van der Waals surface area contributed by atoms with Crippen LogP contribution in [0.2, 0.25) is 0 Å². The summed E-state index contributed by atoms with van der Waals surface area (Å²) in [6, 6.07) is 16.3. The molecule has 0 spiro atoms. The summed E-state index contributed by atoms with van der Waals surface area (Å²) in [5.74, 6) is 1.79. The van der Waals surface area contributed by atoms with Crippen molar-refractivity contribution < 1.29 is 14.3 Å². The minimum Gasteiger partial charge on any atom is -0.497 e. The fraction of sp³-hybridized carbons (Fsp3) is 0.458. The van der Waals surface area contributed by atoms with Gasteiger partial charge < -0.3 is 14.8 Å². The molecule has 2 aromatic rings. The Labute approximate surface area is 174 Å². The number of amides is 1. The van der Waals surface area contributed by atoms with E-state index in [4.69, 9.17) is 9.47 Å². The van der Waals surface area contributed by atoms with Gasteiger partial charge in [-0.15, -0.1) is 0 Å². The van der Waals surface area contributed by atoms with Crippen molar-refractivity contribution in [1.29, 1.82) is 0 Å². The van der Waals surface area contributed by atoms with Gasteiger partial charge in [0.1, 0.15) is 11.5 Å². The van der Waals surface area contributed by atoms with Crippen LogP contribution >= 0.6 is 0 Å². The lowest BCUT2D eigenvalue weighted by molar-refractivity contribution is -0.121. The zero-order chi connectivity index (χ0) is 20.5. The fourth-order valence-corrected chi connectivity index (χ4v) is 3.91. The number of carbonyl (C=O) groups is 1. The average molecular weight is 397 g/mol. The van der Waals surface area contributed by atoms with Crippen LogP contribution in [0.4, 0.5) is 0 Å². The fourth-order valence-electron chi connectivity index (χ4n) is 3.91. The maximum atomic E-state index is 12.6. The highest BCUT2D eigenvalue weighted by atomic mass is 16.5. The molecule has 3 rings (SSSR count). The number of nitrogens with one attached hydrogen (secondary N) is 1. The van der Waals surface area contributed by atoms with Crippen LogP contribution in [0.3, 0.4) is 0 Å². The molecule has 156 valence electrons. The van der Waals surface area contributed by atoms with Crippen LogP contribution in [0.1, 0.15) is 43.4 Å². The molecule has 5 nitrogen and oxygen atoms in total. The molecule has 1 saturated heterocycles. The highest BCUT2D eigenvalue weighted by Crippen LogP contribution is 2.27. The number of ether oxygens (including phenoxy) is 2. The largest absolute Gasteiger partial charge is 0.497 e. The highest BCUT2D eigenvalue weighted by molar-refractivity contribution is 5.76. The second-order valence-corrected chi connectivity index (χ2v) is 7.38. The van der Waals surface area contributed by atoms with Crippen LogP contribution in [-0.4, -0.2) is 44.2 Å². The first-order chi connectivity index (χ1) is 14.2. The van der Waals surface area contributed by atoms with Gasteiger partial charge in [0.2, 0.25) is 5.91 Å². The molecule has 0 radical (unpaired) electrons. The molecule has 1 aliphatic heterocycles. The molecule has 0 saturated carbocycles. The third-order valence-corrected chi connectivity index (χ3v) is 5.45. The van der Waals surface area contributed by atoms with Crippen molar-refractivity contribution in [3.05, 3.63) is 59.7 Å². The Hall–Kier alpha value is -2.53. The number of aryl methyl sites for hydroxylation is 1. The van der Waals surface area contributed by atoms with Crippen LogP contribution in [0.25, 0.3) is 0 Å². The lowest BCUT2D eigenvalue weighted by atomic mass is 10.0. The van der Waals surface area contributed by atoms with Gasteiger partial charge in [-0.3, -0.25) is 9.69 Å². The Morgan fingerprint density at radius 1 is 1.14 bits per heavy atom. The third kappa shape index (κ3) is 5.97. The topological polar surface area (TPSA) is 50.8 Å². The molecular weight excluding hydrogens is 364 g/mol. The quantitative estimate of drug-likeness (QED) is 0.660. The summed E-state index contributed by atoms with van der Waals surface area (Å²) >= 11 is 0. The van der Waals surface area contributed by atoms with E-state index in [0.717, 1.165) is 30.2 Å². The van der Waals surface area contributed by atoms with Gasteiger partial charge in [-0.2, -0.15) is 0 Å². The van der Waals surface area contributed by atoms with Crippen LogP contribution in [0.15, 0.2) is 48.5 Å². The number of rotatable bonds is 10. The second-order valence-electron chi connectivity index (χ2n) is 7.38. The average Bonchev–Trinajstić information content (AvgIpc) is 3.28. The first kappa shape index (κ1) is 21.2. The number of nitrogens with zero attached hydrogens (tertiary/aromatic N) is 1. The number of benzene rings is 2. The summed E-state index contributed by atoms with van der Waals surface area (Å²) in [6.45, 7) is 5.35. The molecule has 1 heterocycles. The van der Waals surface area contributed by atoms with E-state index >= 15 is 0 Å².